The highest BCUT2D eigenvalue weighted by atomic mass is 16.5. The molecule has 0 bridgehead atoms. The van der Waals surface area contributed by atoms with Crippen LogP contribution < -0.4 is 5.73 Å². The van der Waals surface area contributed by atoms with Crippen LogP contribution in [0, 0.1) is 0 Å². The molecule has 0 saturated heterocycles. The molecule has 0 unspecified atom stereocenters. The molecule has 0 fully saturated rings. The Kier molecular flexibility index (Phi) is 5.59. The quantitative estimate of drug-likeness (QED) is 0.577. The topological polar surface area (TPSA) is 64.9 Å². The van der Waals surface area contributed by atoms with Gasteiger partial charge < -0.3 is 10.3 Å². The SMILES string of the molecule is CCCCCCCCc1nc(-c2ccc(N)cc2)no1. The summed E-state index contributed by atoms with van der Waals surface area (Å²) in [5.74, 6) is 1.37. The van der Waals surface area contributed by atoms with E-state index in [1.54, 1.807) is 0 Å². The maximum atomic E-state index is 5.66. The lowest BCUT2D eigenvalue weighted by atomic mass is 10.1. The molecule has 1 aromatic heterocycles. The first kappa shape index (κ1) is 14.6. The van der Waals surface area contributed by atoms with Gasteiger partial charge >= 0.3 is 0 Å². The smallest absolute Gasteiger partial charge is 0.226 e. The van der Waals surface area contributed by atoms with Crippen molar-refractivity contribution in [3.05, 3.63) is 30.2 Å². The number of anilines is 1. The van der Waals surface area contributed by atoms with Gasteiger partial charge in [-0.2, -0.15) is 4.98 Å². The molecule has 4 nitrogen and oxygen atoms in total. The van der Waals surface area contributed by atoms with E-state index in [2.05, 4.69) is 17.1 Å². The summed E-state index contributed by atoms with van der Waals surface area (Å²) >= 11 is 0. The van der Waals surface area contributed by atoms with Crippen LogP contribution in [-0.2, 0) is 6.42 Å². The Hall–Kier alpha value is -1.84. The largest absolute Gasteiger partial charge is 0.399 e. The number of hydrogen-bond donors (Lipinski definition) is 1. The van der Waals surface area contributed by atoms with Gasteiger partial charge in [0.15, 0.2) is 0 Å². The molecule has 0 radical (unpaired) electrons. The van der Waals surface area contributed by atoms with Crippen molar-refractivity contribution in [2.24, 2.45) is 0 Å². The lowest BCUT2D eigenvalue weighted by Crippen LogP contribution is -1.88. The normalized spacial score (nSPS) is 10.8. The summed E-state index contributed by atoms with van der Waals surface area (Å²) in [5.41, 5.74) is 7.34. The van der Waals surface area contributed by atoms with Crippen LogP contribution in [0.1, 0.15) is 51.3 Å². The zero-order chi connectivity index (χ0) is 14.2. The van der Waals surface area contributed by atoms with Crippen LogP contribution in [0.2, 0.25) is 0 Å². The van der Waals surface area contributed by atoms with Gasteiger partial charge in [-0.3, -0.25) is 0 Å². The van der Waals surface area contributed by atoms with Crippen molar-refractivity contribution in [1.29, 1.82) is 0 Å². The van der Waals surface area contributed by atoms with E-state index in [9.17, 15) is 0 Å². The van der Waals surface area contributed by atoms with Gasteiger partial charge in [-0.15, -0.1) is 0 Å². The minimum atomic E-state index is 0.644. The van der Waals surface area contributed by atoms with Gasteiger partial charge in [0.05, 0.1) is 0 Å². The van der Waals surface area contributed by atoms with Crippen LogP contribution in [-0.4, -0.2) is 10.1 Å². The molecule has 0 aliphatic carbocycles. The fourth-order valence-electron chi connectivity index (χ4n) is 2.16. The van der Waals surface area contributed by atoms with Crippen molar-refractivity contribution in [1.82, 2.24) is 10.1 Å². The van der Waals surface area contributed by atoms with Gasteiger partial charge in [0.25, 0.3) is 0 Å². The third-order valence-electron chi connectivity index (χ3n) is 3.38. The molecule has 0 aliphatic rings. The monoisotopic (exact) mass is 273 g/mol. The predicted molar refractivity (Wildman–Crippen MR) is 81.2 cm³/mol. The number of nitrogens with zero attached hydrogens (tertiary/aromatic N) is 2. The van der Waals surface area contributed by atoms with Crippen LogP contribution in [0.15, 0.2) is 28.8 Å². The number of hydrogen-bond acceptors (Lipinski definition) is 4. The average Bonchev–Trinajstić information content (AvgIpc) is 2.92. The highest BCUT2D eigenvalue weighted by Crippen LogP contribution is 2.18. The van der Waals surface area contributed by atoms with E-state index in [4.69, 9.17) is 10.3 Å². The van der Waals surface area contributed by atoms with Crippen molar-refractivity contribution >= 4 is 5.69 Å². The Bertz CT molecular complexity index is 505. The van der Waals surface area contributed by atoms with Gasteiger partial charge in [0, 0.05) is 17.7 Å². The zero-order valence-electron chi connectivity index (χ0n) is 12.1. The second kappa shape index (κ2) is 7.68. The highest BCUT2D eigenvalue weighted by molar-refractivity contribution is 5.57. The molecule has 0 spiro atoms. The predicted octanol–water partition coefficient (Wildman–Crippen LogP) is 4.22. The zero-order valence-corrected chi connectivity index (χ0v) is 12.1. The first-order valence-corrected chi connectivity index (χ1v) is 7.48. The number of rotatable bonds is 8. The summed E-state index contributed by atoms with van der Waals surface area (Å²) in [6.07, 6.45) is 8.47. The summed E-state index contributed by atoms with van der Waals surface area (Å²) in [6, 6.07) is 7.52. The molecular formula is C16H23N3O. The summed E-state index contributed by atoms with van der Waals surface area (Å²) in [4.78, 5) is 4.43. The van der Waals surface area contributed by atoms with Gasteiger partial charge in [0.2, 0.25) is 11.7 Å². The Morgan fingerprint density at radius 1 is 1.00 bits per heavy atom. The first-order valence-electron chi connectivity index (χ1n) is 7.48. The van der Waals surface area contributed by atoms with E-state index < -0.39 is 0 Å². The number of nitrogen functional groups attached to an aromatic ring is 1. The maximum Gasteiger partial charge on any atom is 0.226 e. The molecule has 0 atom stereocenters. The maximum absolute atomic E-state index is 5.66. The van der Waals surface area contributed by atoms with Gasteiger partial charge in [0.1, 0.15) is 0 Å². The first-order chi connectivity index (χ1) is 9.79. The van der Waals surface area contributed by atoms with E-state index in [1.165, 1.54) is 32.1 Å². The molecular weight excluding hydrogens is 250 g/mol. The van der Waals surface area contributed by atoms with Crippen LogP contribution in [0.5, 0.6) is 0 Å². The Balaban J connectivity index is 1.79. The fraction of sp³-hybridized carbons (Fsp3) is 0.500. The minimum Gasteiger partial charge on any atom is -0.399 e. The molecule has 2 rings (SSSR count). The Morgan fingerprint density at radius 2 is 1.70 bits per heavy atom. The molecule has 0 aliphatic heterocycles. The third kappa shape index (κ3) is 4.37. The lowest BCUT2D eigenvalue weighted by molar-refractivity contribution is 0.373. The van der Waals surface area contributed by atoms with Crippen LogP contribution in [0.4, 0.5) is 5.69 Å². The van der Waals surface area contributed by atoms with Gasteiger partial charge in [-0.25, -0.2) is 0 Å². The highest BCUT2D eigenvalue weighted by Gasteiger charge is 2.07. The summed E-state index contributed by atoms with van der Waals surface area (Å²) in [5, 5.41) is 4.02. The van der Waals surface area contributed by atoms with Crippen molar-refractivity contribution in [2.45, 2.75) is 51.9 Å². The standard InChI is InChI=1S/C16H23N3O/c1-2-3-4-5-6-7-8-15-18-16(19-20-15)13-9-11-14(17)12-10-13/h9-12H,2-8,17H2,1H3. The third-order valence-corrected chi connectivity index (χ3v) is 3.38. The second-order valence-electron chi connectivity index (χ2n) is 5.15. The molecule has 2 N–H and O–H groups in total. The van der Waals surface area contributed by atoms with E-state index in [1.807, 2.05) is 24.3 Å². The van der Waals surface area contributed by atoms with E-state index in [-0.39, 0.29) is 0 Å². The molecule has 0 saturated carbocycles. The van der Waals surface area contributed by atoms with E-state index in [0.29, 0.717) is 5.82 Å². The number of aromatic nitrogens is 2. The van der Waals surface area contributed by atoms with Crippen LogP contribution >= 0.6 is 0 Å². The van der Waals surface area contributed by atoms with Gasteiger partial charge in [-0.05, 0) is 30.7 Å². The molecule has 0 amide bonds. The van der Waals surface area contributed by atoms with Crippen molar-refractivity contribution < 1.29 is 4.52 Å². The van der Waals surface area contributed by atoms with Crippen molar-refractivity contribution in [3.63, 3.8) is 0 Å². The molecule has 2 aromatic rings. The number of nitrogens with two attached hydrogens (primary N) is 1. The molecule has 1 aromatic carbocycles. The summed E-state index contributed by atoms with van der Waals surface area (Å²) in [7, 11) is 0. The average molecular weight is 273 g/mol. The second-order valence-corrected chi connectivity index (χ2v) is 5.15. The molecule has 4 heteroatoms. The summed E-state index contributed by atoms with van der Waals surface area (Å²) in [6.45, 7) is 2.23. The fourth-order valence-corrected chi connectivity index (χ4v) is 2.16. The number of aryl methyl sites for hydroxylation is 1. The molecule has 20 heavy (non-hydrogen) atoms. The Labute approximate surface area is 120 Å². The number of benzene rings is 1. The van der Waals surface area contributed by atoms with E-state index in [0.717, 1.165) is 30.0 Å². The molecule has 108 valence electrons. The Morgan fingerprint density at radius 3 is 2.45 bits per heavy atom. The van der Waals surface area contributed by atoms with Gasteiger partial charge in [-0.1, -0.05) is 44.2 Å². The van der Waals surface area contributed by atoms with Crippen LogP contribution in [0.25, 0.3) is 11.4 Å². The van der Waals surface area contributed by atoms with Crippen molar-refractivity contribution in [2.75, 3.05) is 5.73 Å². The number of unbranched alkanes of at least 4 members (excludes halogenated alkanes) is 5. The minimum absolute atomic E-state index is 0.644. The van der Waals surface area contributed by atoms with Crippen LogP contribution in [0.3, 0.4) is 0 Å². The van der Waals surface area contributed by atoms with Crippen molar-refractivity contribution in [3.8, 4) is 11.4 Å². The lowest BCUT2D eigenvalue weighted by Gasteiger charge is -1.97. The molecule has 1 heterocycles. The summed E-state index contributed by atoms with van der Waals surface area (Å²) < 4.78 is 5.28. The van der Waals surface area contributed by atoms with E-state index >= 15 is 0 Å².